The number of hydrogen-bond donors (Lipinski definition) is 0. The second-order valence-corrected chi connectivity index (χ2v) is 10.8. The Morgan fingerprint density at radius 3 is 1.73 bits per heavy atom. The first-order valence-corrected chi connectivity index (χ1v) is 12.8. The van der Waals surface area contributed by atoms with Crippen molar-refractivity contribution in [3.8, 4) is 18.1 Å². The van der Waals surface area contributed by atoms with Crippen LogP contribution in [0.25, 0.3) is 0 Å². The highest BCUT2D eigenvalue weighted by molar-refractivity contribution is 8.04. The molecule has 3 aromatic carbocycles. The fraction of sp³-hybridized carbons (Fsp3) is 0.167. The third kappa shape index (κ3) is 5.61. The summed E-state index contributed by atoms with van der Waals surface area (Å²) < 4.78 is 65.4. The van der Waals surface area contributed by atoms with Crippen molar-refractivity contribution in [1.82, 2.24) is 3.71 Å². The van der Waals surface area contributed by atoms with Gasteiger partial charge < -0.3 is 9.47 Å². The molecule has 0 spiro atoms. The standard InChI is InChI=1S/C24H23NO6S2/c1-3-18-31-24(20-14-16-21(30-2)17-15-20)19-25(32(26,27)22-10-6-4-7-11-22)33(28,29)23-12-8-5-9-13-23/h1,4-17,24H,18-19H2,2H3. The molecule has 0 saturated carbocycles. The zero-order valence-electron chi connectivity index (χ0n) is 17.9. The highest BCUT2D eigenvalue weighted by atomic mass is 32.3. The highest BCUT2D eigenvalue weighted by Crippen LogP contribution is 2.29. The van der Waals surface area contributed by atoms with Gasteiger partial charge in [0, 0.05) is 0 Å². The van der Waals surface area contributed by atoms with E-state index in [0.717, 1.165) is 0 Å². The first-order valence-electron chi connectivity index (χ1n) is 9.87. The maximum atomic E-state index is 13.5. The van der Waals surface area contributed by atoms with Gasteiger partial charge in [-0.1, -0.05) is 58.2 Å². The minimum Gasteiger partial charge on any atom is -0.497 e. The number of terminal acetylenes is 1. The molecule has 172 valence electrons. The van der Waals surface area contributed by atoms with E-state index >= 15 is 0 Å². The third-order valence-corrected chi connectivity index (χ3v) is 9.07. The van der Waals surface area contributed by atoms with Crippen molar-refractivity contribution in [1.29, 1.82) is 0 Å². The summed E-state index contributed by atoms with van der Waals surface area (Å²) >= 11 is 0. The fourth-order valence-corrected chi connectivity index (χ4v) is 6.79. The zero-order chi connectivity index (χ0) is 23.9. The molecule has 9 heteroatoms. The Labute approximate surface area is 194 Å². The lowest BCUT2D eigenvalue weighted by Gasteiger charge is -2.27. The minimum absolute atomic E-state index is 0.138. The van der Waals surface area contributed by atoms with Crippen LogP contribution in [0.15, 0.2) is 94.7 Å². The summed E-state index contributed by atoms with van der Waals surface area (Å²) in [5.41, 5.74) is 0.544. The van der Waals surface area contributed by atoms with Crippen LogP contribution in [-0.4, -0.2) is 40.8 Å². The molecule has 0 fully saturated rings. The van der Waals surface area contributed by atoms with Crippen molar-refractivity contribution in [3.05, 3.63) is 90.5 Å². The van der Waals surface area contributed by atoms with Crippen molar-refractivity contribution in [2.45, 2.75) is 15.9 Å². The van der Waals surface area contributed by atoms with Gasteiger partial charge in [0.15, 0.2) is 0 Å². The molecule has 0 N–H and O–H groups in total. The summed E-state index contributed by atoms with van der Waals surface area (Å²) in [4.78, 5) is -0.315. The molecule has 1 unspecified atom stereocenters. The number of sulfonamides is 2. The minimum atomic E-state index is -4.46. The van der Waals surface area contributed by atoms with Crippen LogP contribution in [0.3, 0.4) is 0 Å². The molecule has 0 heterocycles. The predicted molar refractivity (Wildman–Crippen MR) is 124 cm³/mol. The molecule has 0 saturated heterocycles. The number of nitrogens with zero attached hydrogens (tertiary/aromatic N) is 1. The van der Waals surface area contributed by atoms with Gasteiger partial charge in [0.25, 0.3) is 20.0 Å². The summed E-state index contributed by atoms with van der Waals surface area (Å²) in [6, 6.07) is 21.4. The molecule has 0 aliphatic rings. The Kier molecular flexibility index (Phi) is 7.89. The highest BCUT2D eigenvalue weighted by Gasteiger charge is 2.38. The number of benzene rings is 3. The second-order valence-electron chi connectivity index (χ2n) is 6.87. The van der Waals surface area contributed by atoms with Gasteiger partial charge in [0.1, 0.15) is 12.4 Å². The van der Waals surface area contributed by atoms with Gasteiger partial charge in [-0.05, 0) is 42.0 Å². The van der Waals surface area contributed by atoms with Crippen LogP contribution in [0.4, 0.5) is 0 Å². The number of hydrogen-bond acceptors (Lipinski definition) is 6. The number of rotatable bonds is 10. The van der Waals surface area contributed by atoms with Crippen LogP contribution in [0, 0.1) is 12.3 Å². The Morgan fingerprint density at radius 1 is 0.818 bits per heavy atom. The van der Waals surface area contributed by atoms with Gasteiger partial charge >= 0.3 is 0 Å². The van der Waals surface area contributed by atoms with Crippen molar-refractivity contribution >= 4 is 20.0 Å². The topological polar surface area (TPSA) is 90.0 Å². The summed E-state index contributed by atoms with van der Waals surface area (Å²) in [6.45, 7) is -0.649. The van der Waals surface area contributed by atoms with Crippen LogP contribution in [0.5, 0.6) is 5.75 Å². The maximum Gasteiger partial charge on any atom is 0.256 e. The van der Waals surface area contributed by atoms with E-state index in [1.54, 1.807) is 36.4 Å². The first-order chi connectivity index (χ1) is 15.8. The first kappa shape index (κ1) is 24.5. The molecule has 3 rings (SSSR count). The summed E-state index contributed by atoms with van der Waals surface area (Å²) in [5, 5.41) is 0. The average Bonchev–Trinajstić information content (AvgIpc) is 2.85. The monoisotopic (exact) mass is 485 g/mol. The van der Waals surface area contributed by atoms with E-state index in [0.29, 0.717) is 15.0 Å². The zero-order valence-corrected chi connectivity index (χ0v) is 19.5. The predicted octanol–water partition coefficient (Wildman–Crippen LogP) is 3.47. The van der Waals surface area contributed by atoms with E-state index in [-0.39, 0.29) is 16.4 Å². The van der Waals surface area contributed by atoms with Crippen molar-refractivity contribution < 1.29 is 26.3 Å². The van der Waals surface area contributed by atoms with Crippen LogP contribution < -0.4 is 4.74 Å². The molecule has 7 nitrogen and oxygen atoms in total. The molecule has 0 amide bonds. The molecule has 3 aromatic rings. The number of methoxy groups -OCH3 is 1. The van der Waals surface area contributed by atoms with E-state index in [4.69, 9.17) is 15.9 Å². The van der Waals surface area contributed by atoms with Crippen LogP contribution in [0.2, 0.25) is 0 Å². The van der Waals surface area contributed by atoms with Crippen LogP contribution >= 0.6 is 0 Å². The van der Waals surface area contributed by atoms with Crippen molar-refractivity contribution in [2.24, 2.45) is 0 Å². The Morgan fingerprint density at radius 2 is 1.30 bits per heavy atom. The molecule has 0 aliphatic carbocycles. The van der Waals surface area contributed by atoms with Gasteiger partial charge in [0.05, 0.1) is 29.5 Å². The SMILES string of the molecule is C#CCOC(CN(S(=O)(=O)c1ccccc1)S(=O)(=O)c1ccccc1)c1ccc(OC)cc1. The molecular formula is C24H23NO6S2. The molecule has 0 bridgehead atoms. The molecule has 1 atom stereocenters. The maximum absolute atomic E-state index is 13.5. The van der Waals surface area contributed by atoms with Gasteiger partial charge in [-0.25, -0.2) is 16.8 Å². The van der Waals surface area contributed by atoms with Crippen molar-refractivity contribution in [3.63, 3.8) is 0 Å². The van der Waals surface area contributed by atoms with Crippen LogP contribution in [-0.2, 0) is 24.8 Å². The lowest BCUT2D eigenvalue weighted by molar-refractivity contribution is 0.0721. The van der Waals surface area contributed by atoms with Crippen molar-refractivity contribution in [2.75, 3.05) is 20.3 Å². The Balaban J connectivity index is 2.11. The molecule has 0 aromatic heterocycles. The molecule has 0 radical (unpaired) electrons. The lowest BCUT2D eigenvalue weighted by Crippen LogP contribution is -2.40. The van der Waals surface area contributed by atoms with Crippen LogP contribution in [0.1, 0.15) is 11.7 Å². The van der Waals surface area contributed by atoms with Gasteiger partial charge in [-0.15, -0.1) is 6.42 Å². The largest absolute Gasteiger partial charge is 0.497 e. The smallest absolute Gasteiger partial charge is 0.256 e. The van der Waals surface area contributed by atoms with Gasteiger partial charge in [0.2, 0.25) is 0 Å². The van der Waals surface area contributed by atoms with Gasteiger partial charge in [-0.2, -0.15) is 0 Å². The molecule has 0 aliphatic heterocycles. The summed E-state index contributed by atoms with van der Waals surface area (Å²) in [5.74, 6) is 2.92. The van der Waals surface area contributed by atoms with Gasteiger partial charge in [-0.3, -0.25) is 0 Å². The van der Waals surface area contributed by atoms with E-state index in [2.05, 4.69) is 5.92 Å². The summed E-state index contributed by atoms with van der Waals surface area (Å²) in [6.07, 6.45) is 4.39. The van der Waals surface area contributed by atoms with E-state index < -0.39 is 32.7 Å². The lowest BCUT2D eigenvalue weighted by atomic mass is 10.1. The van der Waals surface area contributed by atoms with E-state index in [1.807, 2.05) is 0 Å². The summed E-state index contributed by atoms with van der Waals surface area (Å²) in [7, 11) is -7.40. The number of ether oxygens (including phenoxy) is 2. The quantitative estimate of drug-likeness (QED) is 0.409. The molecule has 33 heavy (non-hydrogen) atoms. The Hall–Kier alpha value is -3.16. The van der Waals surface area contributed by atoms with E-state index in [1.165, 1.54) is 55.6 Å². The fourth-order valence-electron chi connectivity index (χ4n) is 3.10. The third-order valence-electron chi connectivity index (χ3n) is 4.79. The molecular weight excluding hydrogens is 462 g/mol. The van der Waals surface area contributed by atoms with E-state index in [9.17, 15) is 16.8 Å². The average molecular weight is 486 g/mol. The Bertz CT molecular complexity index is 1230. The second kappa shape index (κ2) is 10.6. The normalized spacial score (nSPS) is 12.8.